The Morgan fingerprint density at radius 2 is 2.07 bits per heavy atom. The van der Waals surface area contributed by atoms with E-state index >= 15 is 0 Å². The first kappa shape index (κ1) is 10.5. The van der Waals surface area contributed by atoms with Gasteiger partial charge in [0.15, 0.2) is 0 Å². The zero-order valence-corrected chi connectivity index (χ0v) is 10.0. The van der Waals surface area contributed by atoms with Crippen molar-refractivity contribution in [3.05, 3.63) is 29.8 Å². The van der Waals surface area contributed by atoms with E-state index in [4.69, 9.17) is 0 Å². The summed E-state index contributed by atoms with van der Waals surface area (Å²) in [4.78, 5) is 2.54. The van der Waals surface area contributed by atoms with Crippen LogP contribution in [0.5, 0.6) is 0 Å². The van der Waals surface area contributed by atoms with Gasteiger partial charge in [0.25, 0.3) is 0 Å². The van der Waals surface area contributed by atoms with Crippen molar-refractivity contribution in [2.45, 2.75) is 33.1 Å². The third kappa shape index (κ3) is 2.17. The topological polar surface area (TPSA) is 3.24 Å². The quantitative estimate of drug-likeness (QED) is 0.709. The molecule has 0 saturated carbocycles. The number of nitrogens with zero attached hydrogens (tertiary/aromatic N) is 1. The fraction of sp³-hybridized carbons (Fsp3) is 0.571. The second-order valence-corrected chi connectivity index (χ2v) is 5.09. The number of rotatable bonds is 2. The normalized spacial score (nSPS) is 20.5. The van der Waals surface area contributed by atoms with Crippen molar-refractivity contribution in [3.63, 3.8) is 0 Å². The van der Waals surface area contributed by atoms with Crippen LogP contribution in [0, 0.1) is 5.92 Å². The van der Waals surface area contributed by atoms with Crippen molar-refractivity contribution in [1.82, 2.24) is 0 Å². The molecule has 1 aromatic carbocycles. The van der Waals surface area contributed by atoms with Crippen molar-refractivity contribution in [3.8, 4) is 0 Å². The Morgan fingerprint density at radius 3 is 2.80 bits per heavy atom. The third-order valence-corrected chi connectivity index (χ3v) is 3.23. The van der Waals surface area contributed by atoms with Gasteiger partial charge in [0, 0.05) is 18.8 Å². The fourth-order valence-electron chi connectivity index (χ4n) is 2.45. The van der Waals surface area contributed by atoms with Crippen LogP contribution in [0.4, 0.5) is 5.69 Å². The SMILES string of the molecule is CC(C)CN1CCC(C)c2ccccc21. The molecule has 1 aromatic rings. The van der Waals surface area contributed by atoms with E-state index in [2.05, 4.69) is 49.9 Å². The lowest BCUT2D eigenvalue weighted by molar-refractivity contribution is 0.554. The van der Waals surface area contributed by atoms with E-state index in [-0.39, 0.29) is 0 Å². The zero-order chi connectivity index (χ0) is 10.8. The molecule has 0 radical (unpaired) electrons. The highest BCUT2D eigenvalue weighted by Gasteiger charge is 2.21. The van der Waals surface area contributed by atoms with Crippen LogP contribution in [-0.2, 0) is 0 Å². The Hall–Kier alpha value is -0.980. The van der Waals surface area contributed by atoms with Gasteiger partial charge in [-0.1, -0.05) is 39.0 Å². The lowest BCUT2D eigenvalue weighted by atomic mass is 9.91. The summed E-state index contributed by atoms with van der Waals surface area (Å²) in [6.07, 6.45) is 1.30. The molecule has 82 valence electrons. The van der Waals surface area contributed by atoms with Gasteiger partial charge < -0.3 is 4.90 Å². The minimum Gasteiger partial charge on any atom is -0.371 e. The van der Waals surface area contributed by atoms with E-state index in [0.717, 1.165) is 11.8 Å². The molecule has 1 heteroatoms. The van der Waals surface area contributed by atoms with Gasteiger partial charge in [0.1, 0.15) is 0 Å². The van der Waals surface area contributed by atoms with Crippen molar-refractivity contribution in [2.24, 2.45) is 5.92 Å². The van der Waals surface area contributed by atoms with Crippen LogP contribution in [0.15, 0.2) is 24.3 Å². The summed E-state index contributed by atoms with van der Waals surface area (Å²) >= 11 is 0. The molecule has 1 heterocycles. The van der Waals surface area contributed by atoms with Gasteiger partial charge in [-0.05, 0) is 29.9 Å². The minimum absolute atomic E-state index is 0.726. The molecule has 15 heavy (non-hydrogen) atoms. The zero-order valence-electron chi connectivity index (χ0n) is 10.0. The second-order valence-electron chi connectivity index (χ2n) is 5.09. The summed E-state index contributed by atoms with van der Waals surface area (Å²) in [7, 11) is 0. The highest BCUT2D eigenvalue weighted by Crippen LogP contribution is 2.34. The maximum absolute atomic E-state index is 2.54. The van der Waals surface area contributed by atoms with Crippen LogP contribution >= 0.6 is 0 Å². The molecule has 0 bridgehead atoms. The predicted molar refractivity (Wildman–Crippen MR) is 66.5 cm³/mol. The molecule has 1 aliphatic heterocycles. The maximum Gasteiger partial charge on any atom is 0.0401 e. The van der Waals surface area contributed by atoms with Gasteiger partial charge in [0.2, 0.25) is 0 Å². The predicted octanol–water partition coefficient (Wildman–Crippen LogP) is 3.66. The molecule has 1 nitrogen and oxygen atoms in total. The van der Waals surface area contributed by atoms with E-state index in [1.54, 1.807) is 0 Å². The maximum atomic E-state index is 2.54. The largest absolute Gasteiger partial charge is 0.371 e. The van der Waals surface area contributed by atoms with E-state index in [9.17, 15) is 0 Å². The average molecular weight is 203 g/mol. The highest BCUT2D eigenvalue weighted by molar-refractivity contribution is 5.56. The van der Waals surface area contributed by atoms with Crippen molar-refractivity contribution < 1.29 is 0 Å². The molecule has 1 unspecified atom stereocenters. The van der Waals surface area contributed by atoms with E-state index < -0.39 is 0 Å². The number of hydrogen-bond acceptors (Lipinski definition) is 1. The van der Waals surface area contributed by atoms with Gasteiger partial charge in [-0.3, -0.25) is 0 Å². The van der Waals surface area contributed by atoms with Crippen LogP contribution in [0.2, 0.25) is 0 Å². The second kappa shape index (κ2) is 4.26. The van der Waals surface area contributed by atoms with Crippen LogP contribution in [-0.4, -0.2) is 13.1 Å². The molecule has 0 aliphatic carbocycles. The van der Waals surface area contributed by atoms with Crippen LogP contribution in [0.25, 0.3) is 0 Å². The summed E-state index contributed by atoms with van der Waals surface area (Å²) in [5.41, 5.74) is 2.99. The van der Waals surface area contributed by atoms with E-state index in [0.29, 0.717) is 0 Å². The Bertz CT molecular complexity index is 330. The molecule has 1 aliphatic rings. The molecule has 0 aromatic heterocycles. The first-order chi connectivity index (χ1) is 7.18. The minimum atomic E-state index is 0.726. The number of benzene rings is 1. The summed E-state index contributed by atoms with van der Waals surface area (Å²) < 4.78 is 0. The van der Waals surface area contributed by atoms with E-state index in [1.807, 2.05) is 0 Å². The highest BCUT2D eigenvalue weighted by atomic mass is 15.1. The van der Waals surface area contributed by atoms with E-state index in [1.165, 1.54) is 30.8 Å². The molecular weight excluding hydrogens is 182 g/mol. The molecular formula is C14H21N. The first-order valence-electron chi connectivity index (χ1n) is 6.02. The first-order valence-corrected chi connectivity index (χ1v) is 6.02. The van der Waals surface area contributed by atoms with Crippen LogP contribution in [0.3, 0.4) is 0 Å². The standard InChI is InChI=1S/C14H21N/c1-11(2)10-15-9-8-12(3)13-6-4-5-7-14(13)15/h4-7,11-12H,8-10H2,1-3H3. The molecule has 0 saturated heterocycles. The Morgan fingerprint density at radius 1 is 1.33 bits per heavy atom. The summed E-state index contributed by atoms with van der Waals surface area (Å²) in [5, 5.41) is 0. The van der Waals surface area contributed by atoms with Crippen LogP contribution in [0.1, 0.15) is 38.7 Å². The summed E-state index contributed by atoms with van der Waals surface area (Å²) in [6.45, 7) is 9.33. The number of anilines is 1. The lowest BCUT2D eigenvalue weighted by Crippen LogP contribution is -2.33. The molecule has 1 atom stereocenters. The van der Waals surface area contributed by atoms with Gasteiger partial charge in [0.05, 0.1) is 0 Å². The fourth-order valence-corrected chi connectivity index (χ4v) is 2.45. The van der Waals surface area contributed by atoms with Gasteiger partial charge >= 0.3 is 0 Å². The monoisotopic (exact) mass is 203 g/mol. The third-order valence-electron chi connectivity index (χ3n) is 3.23. The molecule has 0 fully saturated rings. The molecule has 0 spiro atoms. The number of hydrogen-bond donors (Lipinski definition) is 0. The Labute approximate surface area is 93.1 Å². The summed E-state index contributed by atoms with van der Waals surface area (Å²) in [5.74, 6) is 1.47. The van der Waals surface area contributed by atoms with Gasteiger partial charge in [-0.25, -0.2) is 0 Å². The van der Waals surface area contributed by atoms with Crippen molar-refractivity contribution >= 4 is 5.69 Å². The summed E-state index contributed by atoms with van der Waals surface area (Å²) in [6, 6.07) is 8.87. The van der Waals surface area contributed by atoms with Crippen molar-refractivity contribution in [1.29, 1.82) is 0 Å². The lowest BCUT2D eigenvalue weighted by Gasteiger charge is -2.35. The number of para-hydroxylation sites is 1. The molecule has 0 N–H and O–H groups in total. The number of fused-ring (bicyclic) bond motifs is 1. The van der Waals surface area contributed by atoms with Gasteiger partial charge in [-0.2, -0.15) is 0 Å². The molecule has 0 amide bonds. The van der Waals surface area contributed by atoms with Crippen molar-refractivity contribution in [2.75, 3.05) is 18.0 Å². The Kier molecular flexibility index (Phi) is 2.99. The average Bonchev–Trinajstić information content (AvgIpc) is 2.22. The molecule has 2 rings (SSSR count). The van der Waals surface area contributed by atoms with Gasteiger partial charge in [-0.15, -0.1) is 0 Å². The Balaban J connectivity index is 2.28. The smallest absolute Gasteiger partial charge is 0.0401 e. The van der Waals surface area contributed by atoms with Crippen LogP contribution < -0.4 is 4.90 Å².